The molecule has 0 atom stereocenters. The third kappa shape index (κ3) is 2.50. The summed E-state index contributed by atoms with van der Waals surface area (Å²) in [6.07, 6.45) is 2.10. The number of Topliss-reactive ketones (excluding diaryl/α,β-unsaturated/α-hetero) is 1. The summed E-state index contributed by atoms with van der Waals surface area (Å²) in [6.45, 7) is 2.00. The van der Waals surface area contributed by atoms with Crippen LogP contribution >= 0.6 is 11.3 Å². The van der Waals surface area contributed by atoms with Crippen molar-refractivity contribution >= 4 is 17.1 Å². The van der Waals surface area contributed by atoms with Crippen molar-refractivity contribution < 1.29 is 4.79 Å². The molecule has 0 fully saturated rings. The predicted molar refractivity (Wildman–Crippen MR) is 61.3 cm³/mol. The Balaban J connectivity index is 2.11. The molecule has 0 saturated carbocycles. The van der Waals surface area contributed by atoms with E-state index in [1.165, 1.54) is 4.88 Å². The SMILES string of the molecule is Cc1cc(C(=O)Cc2ccccn2)cs1. The molecular formula is C12H11NOS. The average molecular weight is 217 g/mol. The van der Waals surface area contributed by atoms with Gasteiger partial charge in [-0.2, -0.15) is 0 Å². The minimum atomic E-state index is 0.137. The standard InChI is InChI=1S/C12H11NOS/c1-9-6-10(8-15-9)12(14)7-11-4-2-3-5-13-11/h2-6,8H,7H2,1H3. The number of aryl methyl sites for hydroxylation is 1. The van der Waals surface area contributed by atoms with Crippen LogP contribution in [0.25, 0.3) is 0 Å². The maximum Gasteiger partial charge on any atom is 0.169 e. The number of hydrogen-bond donors (Lipinski definition) is 0. The Kier molecular flexibility index (Phi) is 2.92. The molecule has 0 aromatic carbocycles. The minimum absolute atomic E-state index is 0.137. The topological polar surface area (TPSA) is 30.0 Å². The van der Waals surface area contributed by atoms with Crippen LogP contribution in [0.1, 0.15) is 20.9 Å². The summed E-state index contributed by atoms with van der Waals surface area (Å²) in [4.78, 5) is 17.1. The first-order valence-corrected chi connectivity index (χ1v) is 5.62. The van der Waals surface area contributed by atoms with Gasteiger partial charge in [-0.05, 0) is 25.1 Å². The van der Waals surface area contributed by atoms with Crippen LogP contribution in [0.3, 0.4) is 0 Å². The Morgan fingerprint density at radius 1 is 1.47 bits per heavy atom. The molecule has 2 nitrogen and oxygen atoms in total. The largest absolute Gasteiger partial charge is 0.294 e. The zero-order valence-corrected chi connectivity index (χ0v) is 9.25. The van der Waals surface area contributed by atoms with Crippen LogP contribution in [0, 0.1) is 6.92 Å². The maximum absolute atomic E-state index is 11.8. The van der Waals surface area contributed by atoms with E-state index in [2.05, 4.69) is 4.98 Å². The molecule has 0 radical (unpaired) electrons. The van der Waals surface area contributed by atoms with E-state index in [4.69, 9.17) is 0 Å². The van der Waals surface area contributed by atoms with Gasteiger partial charge in [-0.15, -0.1) is 11.3 Å². The van der Waals surface area contributed by atoms with Crippen LogP contribution in [0.2, 0.25) is 0 Å². The molecule has 76 valence electrons. The third-order valence-electron chi connectivity index (χ3n) is 2.12. The number of aromatic nitrogens is 1. The normalized spacial score (nSPS) is 10.2. The van der Waals surface area contributed by atoms with E-state index in [1.807, 2.05) is 36.6 Å². The van der Waals surface area contributed by atoms with Gasteiger partial charge in [0.2, 0.25) is 0 Å². The molecular weight excluding hydrogens is 206 g/mol. The Morgan fingerprint density at radius 3 is 2.93 bits per heavy atom. The van der Waals surface area contributed by atoms with Crippen molar-refractivity contribution in [2.24, 2.45) is 0 Å². The molecule has 0 aliphatic rings. The van der Waals surface area contributed by atoms with E-state index in [9.17, 15) is 4.79 Å². The molecule has 0 saturated heterocycles. The molecule has 15 heavy (non-hydrogen) atoms. The second-order valence-corrected chi connectivity index (χ2v) is 4.48. The number of hydrogen-bond acceptors (Lipinski definition) is 3. The van der Waals surface area contributed by atoms with Gasteiger partial charge in [0.1, 0.15) is 0 Å². The smallest absolute Gasteiger partial charge is 0.169 e. The molecule has 3 heteroatoms. The van der Waals surface area contributed by atoms with Gasteiger partial charge in [0.05, 0.1) is 6.42 Å². The lowest BCUT2D eigenvalue weighted by molar-refractivity contribution is 0.0992. The summed E-state index contributed by atoms with van der Waals surface area (Å²) in [5.74, 6) is 0.137. The fourth-order valence-corrected chi connectivity index (χ4v) is 2.07. The first-order valence-electron chi connectivity index (χ1n) is 4.74. The lowest BCUT2D eigenvalue weighted by Crippen LogP contribution is -2.03. The number of carbonyl (C=O) groups is 1. The molecule has 0 N–H and O–H groups in total. The summed E-state index contributed by atoms with van der Waals surface area (Å²) < 4.78 is 0. The summed E-state index contributed by atoms with van der Waals surface area (Å²) in [5, 5.41) is 1.90. The lowest BCUT2D eigenvalue weighted by atomic mass is 10.1. The van der Waals surface area contributed by atoms with Gasteiger partial charge < -0.3 is 0 Å². The van der Waals surface area contributed by atoms with Crippen molar-refractivity contribution in [2.75, 3.05) is 0 Å². The van der Waals surface area contributed by atoms with Gasteiger partial charge >= 0.3 is 0 Å². The fraction of sp³-hybridized carbons (Fsp3) is 0.167. The zero-order valence-electron chi connectivity index (χ0n) is 8.43. The van der Waals surface area contributed by atoms with E-state index in [-0.39, 0.29) is 5.78 Å². The van der Waals surface area contributed by atoms with Gasteiger partial charge in [0.15, 0.2) is 5.78 Å². The van der Waals surface area contributed by atoms with Crippen LogP contribution in [-0.2, 0) is 6.42 Å². The van der Waals surface area contributed by atoms with Gasteiger partial charge in [-0.25, -0.2) is 0 Å². The van der Waals surface area contributed by atoms with E-state index in [1.54, 1.807) is 17.5 Å². The second kappa shape index (κ2) is 4.36. The summed E-state index contributed by atoms with van der Waals surface area (Å²) in [6, 6.07) is 7.55. The number of rotatable bonds is 3. The van der Waals surface area contributed by atoms with Crippen molar-refractivity contribution in [2.45, 2.75) is 13.3 Å². The Labute approximate surface area is 92.6 Å². The molecule has 2 aromatic heterocycles. The van der Waals surface area contributed by atoms with Crippen LogP contribution in [0.15, 0.2) is 35.8 Å². The van der Waals surface area contributed by atoms with Crippen molar-refractivity contribution in [3.05, 3.63) is 52.0 Å². The van der Waals surface area contributed by atoms with E-state index in [0.29, 0.717) is 6.42 Å². The first-order chi connectivity index (χ1) is 7.25. The van der Waals surface area contributed by atoms with Gasteiger partial charge in [0.25, 0.3) is 0 Å². The molecule has 2 aromatic rings. The molecule has 2 rings (SSSR count). The number of thiophene rings is 1. The molecule has 0 unspecified atom stereocenters. The molecule has 0 aliphatic heterocycles. The highest BCUT2D eigenvalue weighted by Gasteiger charge is 2.08. The third-order valence-corrected chi connectivity index (χ3v) is 2.98. The minimum Gasteiger partial charge on any atom is -0.294 e. The monoisotopic (exact) mass is 217 g/mol. The molecule has 2 heterocycles. The second-order valence-electron chi connectivity index (χ2n) is 3.37. The Bertz CT molecular complexity index is 461. The summed E-state index contributed by atoms with van der Waals surface area (Å²) in [7, 11) is 0. The zero-order chi connectivity index (χ0) is 10.7. The molecule has 0 aliphatic carbocycles. The number of pyridine rings is 1. The molecule has 0 bridgehead atoms. The van der Waals surface area contributed by atoms with Crippen molar-refractivity contribution in [1.82, 2.24) is 4.98 Å². The van der Waals surface area contributed by atoms with Crippen LogP contribution in [0.5, 0.6) is 0 Å². The van der Waals surface area contributed by atoms with Crippen LogP contribution in [0.4, 0.5) is 0 Å². The highest BCUT2D eigenvalue weighted by molar-refractivity contribution is 7.10. The van der Waals surface area contributed by atoms with Gasteiger partial charge in [-0.3, -0.25) is 9.78 Å². The van der Waals surface area contributed by atoms with Gasteiger partial charge in [0, 0.05) is 27.7 Å². The van der Waals surface area contributed by atoms with Crippen molar-refractivity contribution in [3.63, 3.8) is 0 Å². The molecule has 0 spiro atoms. The summed E-state index contributed by atoms with van der Waals surface area (Å²) in [5.41, 5.74) is 1.62. The van der Waals surface area contributed by atoms with Crippen molar-refractivity contribution in [1.29, 1.82) is 0 Å². The highest BCUT2D eigenvalue weighted by Crippen LogP contribution is 2.14. The predicted octanol–water partition coefficient (Wildman–Crippen LogP) is 2.88. The highest BCUT2D eigenvalue weighted by atomic mass is 32.1. The Morgan fingerprint density at radius 2 is 2.33 bits per heavy atom. The fourth-order valence-electron chi connectivity index (χ4n) is 1.36. The van der Waals surface area contributed by atoms with Crippen molar-refractivity contribution in [3.8, 4) is 0 Å². The quantitative estimate of drug-likeness (QED) is 0.740. The van der Waals surface area contributed by atoms with E-state index >= 15 is 0 Å². The first kappa shape index (κ1) is 10.1. The van der Waals surface area contributed by atoms with E-state index < -0.39 is 0 Å². The Hall–Kier alpha value is -1.48. The van der Waals surface area contributed by atoms with Gasteiger partial charge in [-0.1, -0.05) is 6.07 Å². The number of nitrogens with zero attached hydrogens (tertiary/aromatic N) is 1. The lowest BCUT2D eigenvalue weighted by Gasteiger charge is -1.97. The molecule has 0 amide bonds. The van der Waals surface area contributed by atoms with Crippen LogP contribution in [-0.4, -0.2) is 10.8 Å². The average Bonchev–Trinajstić information content (AvgIpc) is 2.66. The van der Waals surface area contributed by atoms with E-state index in [0.717, 1.165) is 11.3 Å². The van der Waals surface area contributed by atoms with Crippen LogP contribution < -0.4 is 0 Å². The number of ketones is 1. The summed E-state index contributed by atoms with van der Waals surface area (Å²) >= 11 is 1.60. The maximum atomic E-state index is 11.8. The number of carbonyl (C=O) groups excluding carboxylic acids is 1.